The molecule has 2 aromatic heterocycles. The molecule has 0 saturated carbocycles. The number of ether oxygens (including phenoxy) is 2. The Hall–Kier alpha value is -1.66. The van der Waals surface area contributed by atoms with Gasteiger partial charge in [0.1, 0.15) is 11.5 Å². The standard InChI is InChI=1S/C24H40N2O4/c1-19-17-21(29-25-19)23(3,4)11-7-8-13-27-15-10-16-28-14-9-12-24(5,6)22-18-20(2)26-30-22/h17-18H,7-16H2,1-6H3. The van der Waals surface area contributed by atoms with Crippen LogP contribution in [-0.4, -0.2) is 36.7 Å². The minimum atomic E-state index is -0.00538. The van der Waals surface area contributed by atoms with Gasteiger partial charge >= 0.3 is 0 Å². The van der Waals surface area contributed by atoms with Crippen molar-refractivity contribution in [2.75, 3.05) is 26.4 Å². The Morgan fingerprint density at radius 3 is 1.57 bits per heavy atom. The first-order chi connectivity index (χ1) is 14.2. The normalized spacial score (nSPS) is 12.6. The van der Waals surface area contributed by atoms with Gasteiger partial charge in [0.05, 0.1) is 11.4 Å². The number of aryl methyl sites for hydroxylation is 2. The first-order valence-corrected chi connectivity index (χ1v) is 11.2. The molecule has 6 heteroatoms. The number of nitrogens with zero attached hydrogens (tertiary/aromatic N) is 2. The van der Waals surface area contributed by atoms with Crippen molar-refractivity contribution < 1.29 is 18.5 Å². The number of hydrogen-bond donors (Lipinski definition) is 0. The van der Waals surface area contributed by atoms with Crippen LogP contribution >= 0.6 is 0 Å². The molecule has 30 heavy (non-hydrogen) atoms. The number of hydrogen-bond acceptors (Lipinski definition) is 6. The molecule has 2 rings (SSSR count). The van der Waals surface area contributed by atoms with E-state index in [9.17, 15) is 0 Å². The van der Waals surface area contributed by atoms with E-state index in [1.165, 1.54) is 0 Å². The first kappa shape index (κ1) is 24.6. The van der Waals surface area contributed by atoms with Crippen molar-refractivity contribution in [1.29, 1.82) is 0 Å². The van der Waals surface area contributed by atoms with Gasteiger partial charge in [0, 0.05) is 49.4 Å². The molecule has 0 spiro atoms. The molecular weight excluding hydrogens is 380 g/mol. The molecule has 2 heterocycles. The van der Waals surface area contributed by atoms with Crippen LogP contribution in [0.3, 0.4) is 0 Å². The van der Waals surface area contributed by atoms with Crippen molar-refractivity contribution in [3.8, 4) is 0 Å². The van der Waals surface area contributed by atoms with Crippen LogP contribution in [0.2, 0.25) is 0 Å². The topological polar surface area (TPSA) is 70.5 Å². The van der Waals surface area contributed by atoms with Crippen molar-refractivity contribution in [3.63, 3.8) is 0 Å². The summed E-state index contributed by atoms with van der Waals surface area (Å²) in [5.41, 5.74) is 1.89. The van der Waals surface area contributed by atoms with E-state index in [2.05, 4.69) is 38.0 Å². The van der Waals surface area contributed by atoms with Crippen molar-refractivity contribution in [1.82, 2.24) is 10.3 Å². The molecule has 0 N–H and O–H groups in total. The van der Waals surface area contributed by atoms with Crippen molar-refractivity contribution in [2.24, 2.45) is 0 Å². The van der Waals surface area contributed by atoms with Crippen LogP contribution in [-0.2, 0) is 20.3 Å². The molecule has 6 nitrogen and oxygen atoms in total. The molecule has 0 aliphatic carbocycles. The van der Waals surface area contributed by atoms with E-state index in [-0.39, 0.29) is 10.8 Å². The maximum absolute atomic E-state index is 5.75. The Morgan fingerprint density at radius 2 is 1.10 bits per heavy atom. The fourth-order valence-corrected chi connectivity index (χ4v) is 3.47. The van der Waals surface area contributed by atoms with Gasteiger partial charge in [-0.3, -0.25) is 0 Å². The highest BCUT2D eigenvalue weighted by Crippen LogP contribution is 2.30. The van der Waals surface area contributed by atoms with E-state index < -0.39 is 0 Å². The van der Waals surface area contributed by atoms with Gasteiger partial charge in [-0.25, -0.2) is 0 Å². The lowest BCUT2D eigenvalue weighted by molar-refractivity contribution is 0.0772. The molecular formula is C24H40N2O4. The molecule has 0 fully saturated rings. The van der Waals surface area contributed by atoms with Gasteiger partial charge in [0.25, 0.3) is 0 Å². The van der Waals surface area contributed by atoms with Crippen LogP contribution in [0.15, 0.2) is 21.2 Å². The van der Waals surface area contributed by atoms with Gasteiger partial charge in [0.2, 0.25) is 0 Å². The smallest absolute Gasteiger partial charge is 0.142 e. The molecule has 0 aliphatic rings. The molecule has 0 amide bonds. The van der Waals surface area contributed by atoms with Gasteiger partial charge in [-0.15, -0.1) is 0 Å². The van der Waals surface area contributed by atoms with Crippen LogP contribution in [0.5, 0.6) is 0 Å². The Bertz CT molecular complexity index is 671. The van der Waals surface area contributed by atoms with Crippen LogP contribution in [0.25, 0.3) is 0 Å². The van der Waals surface area contributed by atoms with E-state index in [0.29, 0.717) is 0 Å². The fraction of sp³-hybridized carbons (Fsp3) is 0.750. The average molecular weight is 421 g/mol. The lowest BCUT2D eigenvalue weighted by Gasteiger charge is -2.21. The second-order valence-electron chi connectivity index (χ2n) is 9.57. The highest BCUT2D eigenvalue weighted by Gasteiger charge is 2.25. The van der Waals surface area contributed by atoms with Gasteiger partial charge in [-0.2, -0.15) is 0 Å². The monoisotopic (exact) mass is 420 g/mol. The van der Waals surface area contributed by atoms with Crippen LogP contribution in [0.4, 0.5) is 0 Å². The second-order valence-corrected chi connectivity index (χ2v) is 9.57. The minimum absolute atomic E-state index is 0.00538. The lowest BCUT2D eigenvalue weighted by atomic mass is 9.84. The van der Waals surface area contributed by atoms with E-state index in [4.69, 9.17) is 18.5 Å². The van der Waals surface area contributed by atoms with E-state index in [0.717, 1.165) is 87.9 Å². The van der Waals surface area contributed by atoms with E-state index >= 15 is 0 Å². The SMILES string of the molecule is Cc1cc(C(C)(C)CCCCOCCCOCCCC(C)(C)c2cc(C)no2)on1. The molecule has 2 aromatic rings. The summed E-state index contributed by atoms with van der Waals surface area (Å²) in [5, 5.41) is 7.98. The highest BCUT2D eigenvalue weighted by atomic mass is 16.5. The molecule has 0 atom stereocenters. The molecule has 0 aliphatic heterocycles. The summed E-state index contributed by atoms with van der Waals surface area (Å²) in [6.45, 7) is 15.8. The minimum Gasteiger partial charge on any atom is -0.381 e. The summed E-state index contributed by atoms with van der Waals surface area (Å²) in [5.74, 6) is 1.92. The fourth-order valence-electron chi connectivity index (χ4n) is 3.47. The summed E-state index contributed by atoms with van der Waals surface area (Å²) >= 11 is 0. The molecule has 0 saturated heterocycles. The zero-order valence-electron chi connectivity index (χ0n) is 19.8. The maximum Gasteiger partial charge on any atom is 0.142 e. The third-order valence-corrected chi connectivity index (χ3v) is 5.60. The molecule has 170 valence electrons. The highest BCUT2D eigenvalue weighted by molar-refractivity contribution is 5.13. The first-order valence-electron chi connectivity index (χ1n) is 11.2. The number of unbranched alkanes of at least 4 members (excludes halogenated alkanes) is 1. The van der Waals surface area contributed by atoms with Gasteiger partial charge in [-0.05, 0) is 46.0 Å². The third kappa shape index (κ3) is 8.23. The molecule has 0 aromatic carbocycles. The average Bonchev–Trinajstić information content (AvgIpc) is 3.32. The van der Waals surface area contributed by atoms with E-state index in [1.807, 2.05) is 26.0 Å². The van der Waals surface area contributed by atoms with Crippen LogP contribution < -0.4 is 0 Å². The van der Waals surface area contributed by atoms with Crippen molar-refractivity contribution in [2.45, 2.75) is 90.9 Å². The Kier molecular flexibility index (Phi) is 9.56. The van der Waals surface area contributed by atoms with Gasteiger partial charge in [0.15, 0.2) is 0 Å². The predicted octanol–water partition coefficient (Wildman–Crippen LogP) is 5.91. The lowest BCUT2D eigenvalue weighted by Crippen LogP contribution is -2.17. The largest absolute Gasteiger partial charge is 0.381 e. The quantitative estimate of drug-likeness (QED) is 0.334. The Labute approximate surface area is 181 Å². The summed E-state index contributed by atoms with van der Waals surface area (Å²) in [6, 6.07) is 4.06. The van der Waals surface area contributed by atoms with Crippen molar-refractivity contribution in [3.05, 3.63) is 35.0 Å². The Morgan fingerprint density at radius 1 is 0.667 bits per heavy atom. The second kappa shape index (κ2) is 11.7. The summed E-state index contributed by atoms with van der Waals surface area (Å²) in [4.78, 5) is 0. The summed E-state index contributed by atoms with van der Waals surface area (Å²) in [7, 11) is 0. The molecule has 0 unspecified atom stereocenters. The molecule has 0 bridgehead atoms. The predicted molar refractivity (Wildman–Crippen MR) is 118 cm³/mol. The molecule has 0 radical (unpaired) electrons. The number of rotatable bonds is 15. The number of aromatic nitrogens is 2. The zero-order valence-corrected chi connectivity index (χ0v) is 19.8. The maximum atomic E-state index is 5.75. The van der Waals surface area contributed by atoms with Crippen LogP contribution in [0.1, 0.15) is 89.1 Å². The van der Waals surface area contributed by atoms with Gasteiger partial charge < -0.3 is 18.5 Å². The summed E-state index contributed by atoms with van der Waals surface area (Å²) < 4.78 is 22.3. The van der Waals surface area contributed by atoms with Gasteiger partial charge in [-0.1, -0.05) is 44.4 Å². The Balaban J connectivity index is 1.42. The zero-order chi connectivity index (χ0) is 22.0. The third-order valence-electron chi connectivity index (χ3n) is 5.60. The van der Waals surface area contributed by atoms with Crippen LogP contribution in [0, 0.1) is 13.8 Å². The van der Waals surface area contributed by atoms with Crippen molar-refractivity contribution >= 4 is 0 Å². The van der Waals surface area contributed by atoms with E-state index in [1.54, 1.807) is 0 Å². The summed E-state index contributed by atoms with van der Waals surface area (Å²) in [6.07, 6.45) is 6.21.